The molecule has 0 aliphatic heterocycles. The molecular formula is C17H15F3N2O2S. The van der Waals surface area contributed by atoms with Gasteiger partial charge in [-0.15, -0.1) is 0 Å². The third-order valence-electron chi connectivity index (χ3n) is 3.07. The smallest absolute Gasteiger partial charge is 0.416 e. The third-order valence-corrected chi connectivity index (χ3v) is 4.15. The van der Waals surface area contributed by atoms with Crippen molar-refractivity contribution in [1.29, 1.82) is 0 Å². The van der Waals surface area contributed by atoms with E-state index in [-0.39, 0.29) is 10.8 Å². The molecule has 0 amide bonds. The molecule has 0 spiro atoms. The van der Waals surface area contributed by atoms with Crippen LogP contribution in [0.4, 0.5) is 18.9 Å². The molecule has 0 fully saturated rings. The standard InChI is InChI=1S/C17H15F3N2O2S/c1-11(23)16(22-21-13-5-7-14(24-2)8-6-13)25-15-9-3-12(4-10-15)17(18,19)20/h3-10,21H,1-2H3/b22-16+. The number of ether oxygens (including phenoxy) is 1. The van der Waals surface area contributed by atoms with Gasteiger partial charge in [0.1, 0.15) is 5.75 Å². The molecule has 8 heteroatoms. The minimum atomic E-state index is -4.39. The molecule has 0 atom stereocenters. The van der Waals surface area contributed by atoms with Crippen LogP contribution in [0.15, 0.2) is 58.5 Å². The molecular weight excluding hydrogens is 353 g/mol. The topological polar surface area (TPSA) is 50.7 Å². The highest BCUT2D eigenvalue weighted by Crippen LogP contribution is 2.31. The van der Waals surface area contributed by atoms with E-state index in [1.165, 1.54) is 19.1 Å². The fourth-order valence-electron chi connectivity index (χ4n) is 1.78. The number of carbonyl (C=O) groups is 1. The van der Waals surface area contributed by atoms with Crippen LogP contribution in [0.1, 0.15) is 12.5 Å². The minimum Gasteiger partial charge on any atom is -0.497 e. The van der Waals surface area contributed by atoms with Crippen molar-refractivity contribution in [2.75, 3.05) is 12.5 Å². The normalized spacial score (nSPS) is 12.0. The first-order chi connectivity index (χ1) is 11.8. The van der Waals surface area contributed by atoms with Gasteiger partial charge in [0.25, 0.3) is 0 Å². The molecule has 0 aliphatic carbocycles. The summed E-state index contributed by atoms with van der Waals surface area (Å²) < 4.78 is 42.8. The highest BCUT2D eigenvalue weighted by molar-refractivity contribution is 8.15. The molecule has 2 rings (SSSR count). The maximum Gasteiger partial charge on any atom is 0.416 e. The van der Waals surface area contributed by atoms with E-state index in [0.29, 0.717) is 16.3 Å². The summed E-state index contributed by atoms with van der Waals surface area (Å²) in [5.41, 5.74) is 2.65. The van der Waals surface area contributed by atoms with Crippen molar-refractivity contribution in [3.8, 4) is 5.75 Å². The molecule has 0 aliphatic rings. The predicted molar refractivity (Wildman–Crippen MR) is 92.0 cm³/mol. The number of benzene rings is 2. The van der Waals surface area contributed by atoms with Crippen LogP contribution in [0.2, 0.25) is 0 Å². The van der Waals surface area contributed by atoms with Crippen molar-refractivity contribution in [3.63, 3.8) is 0 Å². The number of carbonyl (C=O) groups excluding carboxylic acids is 1. The summed E-state index contributed by atoms with van der Waals surface area (Å²) in [5.74, 6) is 0.381. The molecule has 0 radical (unpaired) electrons. The van der Waals surface area contributed by atoms with Crippen LogP contribution in [0.5, 0.6) is 5.75 Å². The average molecular weight is 368 g/mol. The number of thioether (sulfide) groups is 1. The lowest BCUT2D eigenvalue weighted by molar-refractivity contribution is -0.137. The number of nitrogens with zero attached hydrogens (tertiary/aromatic N) is 1. The number of hydrogen-bond acceptors (Lipinski definition) is 5. The fourth-order valence-corrected chi connectivity index (χ4v) is 2.51. The van der Waals surface area contributed by atoms with Crippen molar-refractivity contribution in [1.82, 2.24) is 0 Å². The van der Waals surface area contributed by atoms with E-state index in [1.54, 1.807) is 31.4 Å². The Balaban J connectivity index is 2.10. The first kappa shape index (κ1) is 18.9. The number of nitrogens with one attached hydrogen (secondary N) is 1. The zero-order valence-corrected chi connectivity index (χ0v) is 14.2. The number of hydrogen-bond donors (Lipinski definition) is 1. The molecule has 0 saturated carbocycles. The largest absolute Gasteiger partial charge is 0.497 e. The van der Waals surface area contributed by atoms with Gasteiger partial charge in [0.2, 0.25) is 0 Å². The Kier molecular flexibility index (Phi) is 6.08. The van der Waals surface area contributed by atoms with E-state index >= 15 is 0 Å². The fraction of sp³-hybridized carbons (Fsp3) is 0.176. The Hall–Kier alpha value is -2.48. The average Bonchev–Trinajstić information content (AvgIpc) is 2.58. The van der Waals surface area contributed by atoms with Crippen LogP contribution >= 0.6 is 11.8 Å². The van der Waals surface area contributed by atoms with Gasteiger partial charge < -0.3 is 4.74 Å². The Labute approximate surface area is 147 Å². The lowest BCUT2D eigenvalue weighted by Gasteiger charge is -2.08. The number of methoxy groups -OCH3 is 1. The number of ketones is 1. The van der Waals surface area contributed by atoms with Crippen LogP contribution in [0.3, 0.4) is 0 Å². The number of rotatable bonds is 5. The summed E-state index contributed by atoms with van der Waals surface area (Å²) in [7, 11) is 1.55. The zero-order valence-electron chi connectivity index (χ0n) is 13.4. The lowest BCUT2D eigenvalue weighted by atomic mass is 10.2. The second-order valence-electron chi connectivity index (χ2n) is 4.94. The molecule has 0 unspecified atom stereocenters. The molecule has 2 aromatic carbocycles. The monoisotopic (exact) mass is 368 g/mol. The molecule has 4 nitrogen and oxygen atoms in total. The summed E-state index contributed by atoms with van der Waals surface area (Å²) in [6.07, 6.45) is -4.39. The maximum absolute atomic E-state index is 12.6. The molecule has 0 aromatic heterocycles. The van der Waals surface area contributed by atoms with E-state index in [0.717, 1.165) is 23.9 Å². The molecule has 0 saturated heterocycles. The zero-order chi connectivity index (χ0) is 18.4. The summed E-state index contributed by atoms with van der Waals surface area (Å²) in [5, 5.41) is 4.17. The first-order valence-corrected chi connectivity index (χ1v) is 7.95. The Bertz CT molecular complexity index is 757. The van der Waals surface area contributed by atoms with Crippen LogP contribution < -0.4 is 10.2 Å². The summed E-state index contributed by atoms with van der Waals surface area (Å²) in [6, 6.07) is 11.5. The van der Waals surface area contributed by atoms with Crippen LogP contribution in [-0.4, -0.2) is 17.9 Å². The van der Waals surface area contributed by atoms with Crippen LogP contribution in [-0.2, 0) is 11.0 Å². The second-order valence-corrected chi connectivity index (χ2v) is 6.00. The minimum absolute atomic E-state index is 0.135. The Morgan fingerprint density at radius 1 is 1.08 bits per heavy atom. The SMILES string of the molecule is COc1ccc(N/N=C(/Sc2ccc(C(F)(F)F)cc2)C(C)=O)cc1. The van der Waals surface area contributed by atoms with Gasteiger partial charge in [-0.3, -0.25) is 10.2 Å². The van der Waals surface area contributed by atoms with Gasteiger partial charge >= 0.3 is 6.18 Å². The number of hydrazone groups is 1. The van der Waals surface area contributed by atoms with Gasteiger partial charge in [-0.1, -0.05) is 11.8 Å². The van der Waals surface area contributed by atoms with E-state index in [4.69, 9.17) is 4.74 Å². The maximum atomic E-state index is 12.6. The summed E-state index contributed by atoms with van der Waals surface area (Å²) in [4.78, 5) is 12.2. The Morgan fingerprint density at radius 2 is 1.68 bits per heavy atom. The molecule has 0 heterocycles. The van der Waals surface area contributed by atoms with Gasteiger partial charge in [0, 0.05) is 11.8 Å². The Morgan fingerprint density at radius 3 is 2.16 bits per heavy atom. The van der Waals surface area contributed by atoms with Crippen LogP contribution in [0.25, 0.3) is 0 Å². The third kappa shape index (κ3) is 5.53. The number of alkyl halides is 3. The second kappa shape index (κ2) is 8.06. The van der Waals surface area contributed by atoms with Crippen molar-refractivity contribution in [2.45, 2.75) is 18.0 Å². The molecule has 25 heavy (non-hydrogen) atoms. The number of Topliss-reactive ketones (excluding diaryl/α,β-unsaturated/α-hetero) is 1. The highest BCUT2D eigenvalue weighted by Gasteiger charge is 2.30. The van der Waals surface area contributed by atoms with Crippen molar-refractivity contribution in [2.24, 2.45) is 5.10 Å². The van der Waals surface area contributed by atoms with E-state index < -0.39 is 11.7 Å². The first-order valence-electron chi connectivity index (χ1n) is 7.13. The highest BCUT2D eigenvalue weighted by atomic mass is 32.2. The van der Waals surface area contributed by atoms with Crippen LogP contribution in [0, 0.1) is 0 Å². The number of anilines is 1. The van der Waals surface area contributed by atoms with Gasteiger partial charge in [0.15, 0.2) is 10.8 Å². The van der Waals surface area contributed by atoms with Gasteiger partial charge in [-0.05, 0) is 48.5 Å². The van der Waals surface area contributed by atoms with Gasteiger partial charge in [-0.2, -0.15) is 18.3 Å². The van der Waals surface area contributed by atoms with Crippen molar-refractivity contribution < 1.29 is 22.7 Å². The summed E-state index contributed by atoms with van der Waals surface area (Å²) in [6.45, 7) is 1.34. The number of halogens is 3. The van der Waals surface area contributed by atoms with Gasteiger partial charge in [0.05, 0.1) is 18.4 Å². The van der Waals surface area contributed by atoms with E-state index in [2.05, 4.69) is 10.5 Å². The molecule has 2 aromatic rings. The molecule has 1 N–H and O–H groups in total. The predicted octanol–water partition coefficient (Wildman–Crippen LogP) is 4.82. The molecule has 132 valence electrons. The lowest BCUT2D eigenvalue weighted by Crippen LogP contribution is -2.08. The van der Waals surface area contributed by atoms with Crippen molar-refractivity contribution >= 4 is 28.3 Å². The van der Waals surface area contributed by atoms with E-state index in [9.17, 15) is 18.0 Å². The summed E-state index contributed by atoms with van der Waals surface area (Å²) >= 11 is 0.989. The molecule has 0 bridgehead atoms. The van der Waals surface area contributed by atoms with Gasteiger partial charge in [-0.25, -0.2) is 0 Å². The quantitative estimate of drug-likeness (QED) is 0.356. The van der Waals surface area contributed by atoms with E-state index in [1.807, 2.05) is 0 Å². The van der Waals surface area contributed by atoms with Crippen molar-refractivity contribution in [3.05, 3.63) is 54.1 Å².